The average Bonchev–Trinajstić information content (AvgIpc) is 3.25. The molecule has 28 heavy (non-hydrogen) atoms. The molecule has 3 aromatic rings. The first kappa shape index (κ1) is 18.8. The molecule has 3 heterocycles. The first-order valence-corrected chi connectivity index (χ1v) is 10.0. The maximum Gasteiger partial charge on any atom is 0.336 e. The number of rotatable bonds is 7. The van der Waals surface area contributed by atoms with Gasteiger partial charge in [-0.05, 0) is 43.5 Å². The van der Waals surface area contributed by atoms with E-state index in [9.17, 15) is 4.79 Å². The second-order valence-electron chi connectivity index (χ2n) is 7.47. The van der Waals surface area contributed by atoms with Gasteiger partial charge in [-0.1, -0.05) is 0 Å². The van der Waals surface area contributed by atoms with Gasteiger partial charge < -0.3 is 23.8 Å². The Morgan fingerprint density at radius 1 is 1.18 bits per heavy atom. The molecule has 6 heteroatoms. The molecule has 0 radical (unpaired) electrons. The van der Waals surface area contributed by atoms with Gasteiger partial charge in [0.05, 0.1) is 26.5 Å². The molecule has 0 bridgehead atoms. The summed E-state index contributed by atoms with van der Waals surface area (Å²) in [6.45, 7) is 4.02. The number of hydrogen-bond donors (Lipinski definition) is 2. The number of hydrogen-bond acceptors (Lipinski definition) is 4. The van der Waals surface area contributed by atoms with Crippen molar-refractivity contribution in [2.24, 2.45) is 0 Å². The molecule has 4 rings (SSSR count). The number of fused-ring (bicyclic) bond motifs is 1. The highest BCUT2D eigenvalue weighted by Gasteiger charge is 2.29. The lowest BCUT2D eigenvalue weighted by molar-refractivity contribution is -0.951. The van der Waals surface area contributed by atoms with Gasteiger partial charge in [-0.3, -0.25) is 0 Å². The molecule has 1 aromatic carbocycles. The average molecular weight is 384 g/mol. The Morgan fingerprint density at radius 2 is 2.04 bits per heavy atom. The molecule has 0 unspecified atom stereocenters. The highest BCUT2D eigenvalue weighted by molar-refractivity contribution is 5.81. The van der Waals surface area contributed by atoms with Crippen LogP contribution in [0, 0.1) is 0 Å². The summed E-state index contributed by atoms with van der Waals surface area (Å²) in [5.74, 6) is 1.73. The van der Waals surface area contributed by atoms with Crippen LogP contribution in [0.15, 0.2) is 56.3 Å². The number of likely N-dealkylation sites (tertiary alicyclic amines) is 1. The summed E-state index contributed by atoms with van der Waals surface area (Å²) in [7, 11) is 1.61. The summed E-state index contributed by atoms with van der Waals surface area (Å²) >= 11 is 0. The first-order chi connectivity index (χ1) is 13.7. The van der Waals surface area contributed by atoms with Gasteiger partial charge >= 0.3 is 5.63 Å². The molecule has 1 aliphatic heterocycles. The van der Waals surface area contributed by atoms with E-state index < -0.39 is 0 Å². The van der Waals surface area contributed by atoms with E-state index >= 15 is 0 Å². The van der Waals surface area contributed by atoms with Crippen LogP contribution < -0.4 is 20.6 Å². The molecule has 2 aromatic heterocycles. The van der Waals surface area contributed by atoms with Crippen LogP contribution in [-0.4, -0.2) is 26.7 Å². The lowest BCUT2D eigenvalue weighted by Gasteiger charge is -2.29. The predicted molar refractivity (Wildman–Crippen MR) is 106 cm³/mol. The van der Waals surface area contributed by atoms with Crippen LogP contribution in [0.1, 0.15) is 36.6 Å². The Kier molecular flexibility index (Phi) is 5.78. The summed E-state index contributed by atoms with van der Waals surface area (Å²) in [6.07, 6.45) is 5.64. The topological polar surface area (TPSA) is 73.6 Å². The highest BCUT2D eigenvalue weighted by atomic mass is 16.5. The van der Waals surface area contributed by atoms with Crippen LogP contribution in [0.4, 0.5) is 0 Å². The number of quaternary nitrogens is 2. The van der Waals surface area contributed by atoms with Crippen LogP contribution in [0.5, 0.6) is 5.75 Å². The van der Waals surface area contributed by atoms with Crippen molar-refractivity contribution >= 4 is 11.0 Å². The van der Waals surface area contributed by atoms with E-state index in [0.29, 0.717) is 17.4 Å². The Balaban J connectivity index is 1.50. The van der Waals surface area contributed by atoms with Crippen LogP contribution in [-0.2, 0) is 6.54 Å². The third kappa shape index (κ3) is 4.13. The Bertz CT molecular complexity index is 958. The van der Waals surface area contributed by atoms with E-state index in [1.165, 1.54) is 32.4 Å². The van der Waals surface area contributed by atoms with E-state index in [2.05, 4.69) is 11.4 Å². The normalized spacial score (nSPS) is 16.3. The fourth-order valence-electron chi connectivity index (χ4n) is 4.24. The summed E-state index contributed by atoms with van der Waals surface area (Å²) < 4.78 is 16.3. The second-order valence-corrected chi connectivity index (χ2v) is 7.47. The number of benzene rings is 1. The molecule has 0 spiro atoms. The molecule has 1 fully saturated rings. The SMILES string of the molecule is COc1ccc2c(C[NH2+]C[C@H](c3ccco3)[NH+]3CCCCC3)cc(=O)oc2c1. The third-order valence-electron chi connectivity index (χ3n) is 5.68. The maximum atomic E-state index is 12.0. The van der Waals surface area contributed by atoms with E-state index in [-0.39, 0.29) is 5.63 Å². The Labute approximate surface area is 164 Å². The van der Waals surface area contributed by atoms with Crippen molar-refractivity contribution in [3.63, 3.8) is 0 Å². The zero-order valence-electron chi connectivity index (χ0n) is 16.3. The van der Waals surface area contributed by atoms with Crippen molar-refractivity contribution in [3.05, 3.63) is 64.4 Å². The van der Waals surface area contributed by atoms with Gasteiger partial charge in [0.1, 0.15) is 24.4 Å². The number of ether oxygens (including phenoxy) is 1. The maximum absolute atomic E-state index is 12.0. The van der Waals surface area contributed by atoms with Gasteiger partial charge in [0.2, 0.25) is 0 Å². The van der Waals surface area contributed by atoms with Gasteiger partial charge in [0, 0.05) is 23.1 Å². The van der Waals surface area contributed by atoms with Gasteiger partial charge in [-0.15, -0.1) is 0 Å². The molecular weight excluding hydrogens is 356 g/mol. The molecule has 0 aliphatic carbocycles. The molecule has 1 saturated heterocycles. The van der Waals surface area contributed by atoms with Crippen LogP contribution in [0.25, 0.3) is 11.0 Å². The summed E-state index contributed by atoms with van der Waals surface area (Å²) in [4.78, 5) is 13.6. The predicted octanol–water partition coefficient (Wildman–Crippen LogP) is 1.27. The van der Waals surface area contributed by atoms with Gasteiger partial charge in [-0.25, -0.2) is 4.79 Å². The Morgan fingerprint density at radius 3 is 2.79 bits per heavy atom. The van der Waals surface area contributed by atoms with Crippen molar-refractivity contribution in [2.45, 2.75) is 31.8 Å². The minimum Gasteiger partial charge on any atom is -0.497 e. The minimum atomic E-state index is -0.326. The van der Waals surface area contributed by atoms with Gasteiger partial charge in [0.25, 0.3) is 0 Å². The van der Waals surface area contributed by atoms with E-state index in [1.807, 2.05) is 18.2 Å². The summed E-state index contributed by atoms with van der Waals surface area (Å²) in [5.41, 5.74) is 1.23. The third-order valence-corrected chi connectivity index (χ3v) is 5.68. The largest absolute Gasteiger partial charge is 0.497 e. The van der Waals surface area contributed by atoms with Gasteiger partial charge in [-0.2, -0.15) is 0 Å². The minimum absolute atomic E-state index is 0.326. The lowest BCUT2D eigenvalue weighted by atomic mass is 10.1. The Hall–Kier alpha value is -2.57. The molecule has 0 amide bonds. The monoisotopic (exact) mass is 384 g/mol. The lowest BCUT2D eigenvalue weighted by Crippen LogP contribution is -3.15. The first-order valence-electron chi connectivity index (χ1n) is 10.0. The number of piperidine rings is 1. The summed E-state index contributed by atoms with van der Waals surface area (Å²) in [6, 6.07) is 11.6. The van der Waals surface area contributed by atoms with Crippen LogP contribution in [0.3, 0.4) is 0 Å². The summed E-state index contributed by atoms with van der Waals surface area (Å²) in [5, 5.41) is 3.23. The smallest absolute Gasteiger partial charge is 0.336 e. The zero-order valence-corrected chi connectivity index (χ0v) is 16.3. The zero-order chi connectivity index (χ0) is 19.3. The van der Waals surface area contributed by atoms with Crippen molar-refractivity contribution < 1.29 is 23.8 Å². The molecule has 3 N–H and O–H groups in total. The van der Waals surface area contributed by atoms with E-state index in [0.717, 1.165) is 29.8 Å². The van der Waals surface area contributed by atoms with E-state index in [4.69, 9.17) is 13.6 Å². The van der Waals surface area contributed by atoms with Gasteiger partial charge in [0.15, 0.2) is 11.8 Å². The molecule has 0 saturated carbocycles. The quantitative estimate of drug-likeness (QED) is 0.602. The fraction of sp³-hybridized carbons (Fsp3) is 0.409. The number of furan rings is 1. The van der Waals surface area contributed by atoms with Crippen molar-refractivity contribution in [1.29, 1.82) is 0 Å². The fourth-order valence-corrected chi connectivity index (χ4v) is 4.24. The number of nitrogens with two attached hydrogens (primary N) is 1. The number of methoxy groups -OCH3 is 1. The highest BCUT2D eigenvalue weighted by Crippen LogP contribution is 2.22. The van der Waals surface area contributed by atoms with Crippen molar-refractivity contribution in [3.8, 4) is 5.75 Å². The van der Waals surface area contributed by atoms with Crippen LogP contribution >= 0.6 is 0 Å². The number of nitrogens with one attached hydrogen (secondary N) is 1. The van der Waals surface area contributed by atoms with Crippen molar-refractivity contribution in [1.82, 2.24) is 0 Å². The van der Waals surface area contributed by atoms with E-state index in [1.54, 1.807) is 30.4 Å². The molecular formula is C22H28N2O4+2. The van der Waals surface area contributed by atoms with Crippen LogP contribution in [0.2, 0.25) is 0 Å². The second kappa shape index (κ2) is 8.63. The molecule has 6 nitrogen and oxygen atoms in total. The van der Waals surface area contributed by atoms with Crippen molar-refractivity contribution in [2.75, 3.05) is 26.7 Å². The standard InChI is InChI=1S/C22H26N2O4/c1-26-17-7-8-18-16(12-22(25)28-21(18)13-17)14-23-15-19(20-6-5-11-27-20)24-9-3-2-4-10-24/h5-8,11-13,19,23H,2-4,9-10,14-15H2,1H3/p+2/t19-/m1/s1. The molecule has 148 valence electrons. The molecule has 1 atom stereocenters. The molecule has 1 aliphatic rings.